The molecule has 0 aromatic heterocycles. The summed E-state index contributed by atoms with van der Waals surface area (Å²) in [6, 6.07) is 12.5. The molecule has 0 spiro atoms. The molecule has 0 bridgehead atoms. The number of benzene rings is 2. The predicted molar refractivity (Wildman–Crippen MR) is 116 cm³/mol. The molecule has 3 amide bonds. The minimum absolute atomic E-state index is 0.0242. The van der Waals surface area contributed by atoms with Crippen LogP contribution >= 0.6 is 0 Å². The summed E-state index contributed by atoms with van der Waals surface area (Å²) in [5.41, 5.74) is 2.44. The first-order chi connectivity index (χ1) is 14.7. The molecular weight excluding hydrogens is 392 g/mol. The number of imide groups is 1. The summed E-state index contributed by atoms with van der Waals surface area (Å²) in [6.07, 6.45) is 1.60. The summed E-state index contributed by atoms with van der Waals surface area (Å²) < 4.78 is 0. The minimum atomic E-state index is -1.25. The lowest BCUT2D eigenvalue weighted by atomic mass is 9.88. The van der Waals surface area contributed by atoms with E-state index < -0.39 is 23.3 Å². The van der Waals surface area contributed by atoms with E-state index >= 15 is 0 Å². The maximum absolute atomic E-state index is 13.1. The number of Topliss-reactive ketones (excluding diaryl/α,β-unsaturated/α-hetero) is 1. The Kier molecular flexibility index (Phi) is 5.09. The Hall–Kier alpha value is -3.54. The van der Waals surface area contributed by atoms with Gasteiger partial charge < -0.3 is 5.32 Å². The van der Waals surface area contributed by atoms with Gasteiger partial charge in [0, 0.05) is 17.7 Å². The number of nitrogens with zero attached hydrogens (tertiary/aromatic N) is 1. The highest BCUT2D eigenvalue weighted by molar-refractivity contribution is 6.23. The first-order valence-corrected chi connectivity index (χ1v) is 10.3. The summed E-state index contributed by atoms with van der Waals surface area (Å²) in [6.45, 7) is 7.33. The molecule has 1 saturated heterocycles. The molecule has 1 fully saturated rings. The van der Waals surface area contributed by atoms with Gasteiger partial charge in [0.05, 0.1) is 11.1 Å². The van der Waals surface area contributed by atoms with Crippen molar-refractivity contribution in [2.45, 2.75) is 45.1 Å². The first-order valence-electron chi connectivity index (χ1n) is 10.3. The summed E-state index contributed by atoms with van der Waals surface area (Å²) in [4.78, 5) is 52.2. The van der Waals surface area contributed by atoms with Crippen LogP contribution in [0.25, 0.3) is 0 Å². The number of hydrogen-bond acceptors (Lipinski definition) is 4. The fourth-order valence-electron chi connectivity index (χ4n) is 4.11. The number of hydrogen-bond donors (Lipinski definition) is 1. The number of nitrogens with one attached hydrogen (secondary N) is 1. The van der Waals surface area contributed by atoms with E-state index in [0.29, 0.717) is 36.9 Å². The van der Waals surface area contributed by atoms with Gasteiger partial charge in [-0.05, 0) is 50.8 Å². The van der Waals surface area contributed by atoms with Crippen molar-refractivity contribution in [3.63, 3.8) is 0 Å². The van der Waals surface area contributed by atoms with Crippen LogP contribution in [0, 0.1) is 6.92 Å². The second kappa shape index (κ2) is 7.61. The SMILES string of the molecule is C=C1CC[C@](C)(N2C(=O)c3ccc(CCC(=O)c4ccc(C)cc4)cc3C2=O)C(=O)N1. The molecule has 1 atom stereocenters. The van der Waals surface area contributed by atoms with Crippen molar-refractivity contribution in [1.29, 1.82) is 0 Å². The van der Waals surface area contributed by atoms with E-state index in [2.05, 4.69) is 11.9 Å². The largest absolute Gasteiger partial charge is 0.328 e. The average Bonchev–Trinajstić information content (AvgIpc) is 3.00. The van der Waals surface area contributed by atoms with Crippen LogP contribution in [0.4, 0.5) is 0 Å². The van der Waals surface area contributed by atoms with Crippen molar-refractivity contribution in [2.75, 3.05) is 0 Å². The van der Waals surface area contributed by atoms with Crippen LogP contribution in [0.2, 0.25) is 0 Å². The molecule has 0 saturated carbocycles. The molecule has 2 aromatic rings. The maximum atomic E-state index is 13.1. The second-order valence-electron chi connectivity index (χ2n) is 8.45. The fraction of sp³-hybridized carbons (Fsp3) is 0.280. The lowest BCUT2D eigenvalue weighted by Gasteiger charge is -2.39. The maximum Gasteiger partial charge on any atom is 0.262 e. The summed E-state index contributed by atoms with van der Waals surface area (Å²) in [5, 5.41) is 2.66. The zero-order chi connectivity index (χ0) is 22.3. The van der Waals surface area contributed by atoms with Crippen molar-refractivity contribution in [2.24, 2.45) is 0 Å². The van der Waals surface area contributed by atoms with Gasteiger partial charge in [0.2, 0.25) is 5.91 Å². The molecule has 6 heteroatoms. The van der Waals surface area contributed by atoms with Gasteiger partial charge in [0.25, 0.3) is 11.8 Å². The topological polar surface area (TPSA) is 83.6 Å². The van der Waals surface area contributed by atoms with Gasteiger partial charge in [-0.2, -0.15) is 0 Å². The van der Waals surface area contributed by atoms with Crippen molar-refractivity contribution in [1.82, 2.24) is 10.2 Å². The van der Waals surface area contributed by atoms with E-state index in [4.69, 9.17) is 0 Å². The standard InChI is InChI=1S/C25H24N2O4/c1-15-4-8-18(9-5-15)21(28)11-7-17-6-10-19-20(14-17)23(30)27(22(19)29)25(3)13-12-16(2)26-24(25)31/h4-6,8-10,14H,2,7,11-13H2,1,3H3,(H,26,31)/t25-/m0/s1. The Bertz CT molecular complexity index is 1130. The van der Waals surface area contributed by atoms with E-state index in [1.165, 1.54) is 0 Å². The number of amides is 3. The van der Waals surface area contributed by atoms with E-state index in [0.717, 1.165) is 16.0 Å². The van der Waals surface area contributed by atoms with Gasteiger partial charge in [0.1, 0.15) is 5.54 Å². The van der Waals surface area contributed by atoms with Crippen LogP contribution in [-0.4, -0.2) is 33.9 Å². The quantitative estimate of drug-likeness (QED) is 0.596. The average molecular weight is 416 g/mol. The van der Waals surface area contributed by atoms with Crippen molar-refractivity contribution >= 4 is 23.5 Å². The second-order valence-corrected chi connectivity index (χ2v) is 8.45. The lowest BCUT2D eigenvalue weighted by Crippen LogP contribution is -2.60. The third-order valence-corrected chi connectivity index (χ3v) is 6.15. The van der Waals surface area contributed by atoms with Crippen molar-refractivity contribution in [3.8, 4) is 0 Å². The Balaban J connectivity index is 1.53. The van der Waals surface area contributed by atoms with Gasteiger partial charge >= 0.3 is 0 Å². The normalized spacial score (nSPS) is 20.6. The van der Waals surface area contributed by atoms with Gasteiger partial charge in [-0.1, -0.05) is 42.5 Å². The third-order valence-electron chi connectivity index (χ3n) is 6.15. The third kappa shape index (κ3) is 3.58. The van der Waals surface area contributed by atoms with Crippen LogP contribution < -0.4 is 5.32 Å². The zero-order valence-electron chi connectivity index (χ0n) is 17.7. The van der Waals surface area contributed by atoms with Gasteiger partial charge in [-0.25, -0.2) is 0 Å². The van der Waals surface area contributed by atoms with E-state index in [-0.39, 0.29) is 16.9 Å². The number of ketones is 1. The molecule has 0 aliphatic carbocycles. The Morgan fingerprint density at radius 3 is 2.42 bits per heavy atom. The number of rotatable bonds is 5. The van der Waals surface area contributed by atoms with E-state index in [1.807, 2.05) is 31.2 Å². The fourth-order valence-corrected chi connectivity index (χ4v) is 4.11. The Morgan fingerprint density at radius 1 is 1.06 bits per heavy atom. The molecule has 6 nitrogen and oxygen atoms in total. The van der Waals surface area contributed by atoms with Crippen LogP contribution in [0.15, 0.2) is 54.7 Å². The molecule has 1 N–H and O–H groups in total. The molecule has 0 radical (unpaired) electrons. The van der Waals surface area contributed by atoms with Gasteiger partial charge in [-0.15, -0.1) is 0 Å². The van der Waals surface area contributed by atoms with Gasteiger partial charge in [-0.3, -0.25) is 24.1 Å². The van der Waals surface area contributed by atoms with Crippen LogP contribution in [0.3, 0.4) is 0 Å². The van der Waals surface area contributed by atoms with Crippen LogP contribution in [0.1, 0.15) is 68.4 Å². The number of piperidine rings is 1. The summed E-state index contributed by atoms with van der Waals surface area (Å²) in [5.74, 6) is -1.32. The zero-order valence-corrected chi connectivity index (χ0v) is 17.7. The molecule has 31 heavy (non-hydrogen) atoms. The smallest absolute Gasteiger partial charge is 0.262 e. The van der Waals surface area contributed by atoms with E-state index in [9.17, 15) is 19.2 Å². The number of carbonyl (C=O) groups is 4. The number of carbonyl (C=O) groups excluding carboxylic acids is 4. The first kappa shape index (κ1) is 20.7. The van der Waals surface area contributed by atoms with Gasteiger partial charge in [0.15, 0.2) is 5.78 Å². The molecule has 4 rings (SSSR count). The summed E-state index contributed by atoms with van der Waals surface area (Å²) >= 11 is 0. The Labute approximate surface area is 180 Å². The molecule has 2 aliphatic heterocycles. The highest BCUT2D eigenvalue weighted by atomic mass is 16.2. The number of allylic oxidation sites excluding steroid dienone is 1. The van der Waals surface area contributed by atoms with Crippen molar-refractivity contribution in [3.05, 3.63) is 82.6 Å². The number of aryl methyl sites for hydroxylation is 2. The Morgan fingerprint density at radius 2 is 1.74 bits per heavy atom. The lowest BCUT2D eigenvalue weighted by molar-refractivity contribution is -0.131. The predicted octanol–water partition coefficient (Wildman–Crippen LogP) is 3.59. The molecular formula is C25H24N2O4. The number of fused-ring (bicyclic) bond motifs is 1. The molecule has 2 aromatic carbocycles. The molecule has 2 aliphatic rings. The van der Waals surface area contributed by atoms with Crippen LogP contribution in [0.5, 0.6) is 0 Å². The minimum Gasteiger partial charge on any atom is -0.328 e. The monoisotopic (exact) mass is 416 g/mol. The molecule has 0 unspecified atom stereocenters. The summed E-state index contributed by atoms with van der Waals surface area (Å²) in [7, 11) is 0. The molecule has 158 valence electrons. The highest BCUT2D eigenvalue weighted by Crippen LogP contribution is 2.35. The van der Waals surface area contributed by atoms with Crippen molar-refractivity contribution < 1.29 is 19.2 Å². The molecule has 2 heterocycles. The van der Waals surface area contributed by atoms with E-state index in [1.54, 1.807) is 25.1 Å². The van der Waals surface area contributed by atoms with Crippen LogP contribution in [-0.2, 0) is 11.2 Å². The highest BCUT2D eigenvalue weighted by Gasteiger charge is 2.51.